The van der Waals surface area contributed by atoms with Crippen LogP contribution in [0.1, 0.15) is 39.9 Å². The maximum Gasteiger partial charge on any atom is 0.335 e. The van der Waals surface area contributed by atoms with Crippen LogP contribution in [0.4, 0.5) is 8.78 Å². The molecule has 44 heavy (non-hydrogen) atoms. The molecule has 0 bridgehead atoms. The average Bonchev–Trinajstić information content (AvgIpc) is 3.61. The van der Waals surface area contributed by atoms with Crippen LogP contribution in [0.25, 0.3) is 22.3 Å². The van der Waals surface area contributed by atoms with Crippen molar-refractivity contribution in [2.75, 3.05) is 0 Å². The Hall–Kier alpha value is -5.09. The lowest BCUT2D eigenvalue weighted by Gasteiger charge is -2.12. The van der Waals surface area contributed by atoms with Crippen molar-refractivity contribution in [2.45, 2.75) is 33.0 Å². The second-order valence-corrected chi connectivity index (χ2v) is 10.6. The summed E-state index contributed by atoms with van der Waals surface area (Å²) in [6.07, 6.45) is 3.66. The number of hydrogen-bond acceptors (Lipinski definition) is 5. The number of rotatable bonds is 10. The van der Waals surface area contributed by atoms with Crippen molar-refractivity contribution in [1.82, 2.24) is 24.1 Å². The van der Waals surface area contributed by atoms with Crippen molar-refractivity contribution in [3.63, 3.8) is 0 Å². The number of carbonyl (C=O) groups is 1. The van der Waals surface area contributed by atoms with Gasteiger partial charge >= 0.3 is 5.97 Å². The number of hydrogen-bond donors (Lipinski definition) is 1. The molecular weight excluding hydrogens is 588 g/mol. The fourth-order valence-electron chi connectivity index (χ4n) is 5.01. The number of aromatic carboxylic acids is 1. The Bertz CT molecular complexity index is 2010. The summed E-state index contributed by atoms with van der Waals surface area (Å²) in [4.78, 5) is 25.1. The zero-order valence-electron chi connectivity index (χ0n) is 23.5. The van der Waals surface area contributed by atoms with Gasteiger partial charge in [-0.1, -0.05) is 35.9 Å². The first-order valence-corrected chi connectivity index (χ1v) is 14.2. The summed E-state index contributed by atoms with van der Waals surface area (Å²) in [6, 6.07) is 19.1. The third kappa shape index (κ3) is 6.02. The SMILES string of the molecule is CCn1cncc1Cn1c(Cc2ccc(-c3cccc(OCc4ccc(Cl)cc4F)n3)cc2F)nc2ccc(C(=O)O)cc21. The van der Waals surface area contributed by atoms with E-state index in [0.29, 0.717) is 57.4 Å². The van der Waals surface area contributed by atoms with Gasteiger partial charge in [0, 0.05) is 41.4 Å². The highest BCUT2D eigenvalue weighted by Crippen LogP contribution is 2.27. The maximum atomic E-state index is 15.6. The Balaban J connectivity index is 1.27. The second-order valence-electron chi connectivity index (χ2n) is 10.2. The standard InChI is InChI=1S/C33H26ClF2N5O3/c1-2-40-19-37-16-25(40)17-41-30-13-22(33(42)43)9-11-29(30)38-31(41)14-20-6-7-21(12-26(20)35)28-4-3-5-32(39-28)44-18-23-8-10-24(34)15-27(23)36/h3-13,15-16,19H,2,14,17-18H2,1H3,(H,42,43). The number of ether oxygens (including phenoxy) is 1. The molecule has 0 aliphatic heterocycles. The molecule has 0 aliphatic carbocycles. The second kappa shape index (κ2) is 12.3. The zero-order chi connectivity index (χ0) is 30.8. The number of fused-ring (bicyclic) bond motifs is 1. The largest absolute Gasteiger partial charge is 0.478 e. The molecule has 0 radical (unpaired) electrons. The summed E-state index contributed by atoms with van der Waals surface area (Å²) in [7, 11) is 0. The number of carboxylic acids is 1. The zero-order valence-corrected chi connectivity index (χ0v) is 24.3. The van der Waals surface area contributed by atoms with Gasteiger partial charge in [0.05, 0.1) is 40.9 Å². The first-order valence-electron chi connectivity index (χ1n) is 13.8. The number of benzene rings is 3. The molecule has 6 aromatic rings. The Kier molecular flexibility index (Phi) is 8.08. The monoisotopic (exact) mass is 613 g/mol. The molecule has 0 spiro atoms. The molecule has 6 rings (SSSR count). The van der Waals surface area contributed by atoms with Crippen LogP contribution in [-0.2, 0) is 26.1 Å². The van der Waals surface area contributed by atoms with Gasteiger partial charge in [0.25, 0.3) is 0 Å². The maximum absolute atomic E-state index is 15.6. The van der Waals surface area contributed by atoms with E-state index in [1.165, 1.54) is 18.2 Å². The van der Waals surface area contributed by atoms with E-state index in [-0.39, 0.29) is 24.5 Å². The lowest BCUT2D eigenvalue weighted by molar-refractivity contribution is 0.0697. The molecule has 3 aromatic carbocycles. The van der Waals surface area contributed by atoms with E-state index in [4.69, 9.17) is 21.3 Å². The summed E-state index contributed by atoms with van der Waals surface area (Å²) < 4.78 is 39.3. The number of pyridine rings is 1. The number of aryl methyl sites for hydroxylation is 1. The predicted octanol–water partition coefficient (Wildman–Crippen LogP) is 7.16. The number of imidazole rings is 2. The highest BCUT2D eigenvalue weighted by atomic mass is 35.5. The van der Waals surface area contributed by atoms with Crippen LogP contribution in [0.2, 0.25) is 5.02 Å². The summed E-state index contributed by atoms with van der Waals surface area (Å²) in [5.74, 6) is -1.11. The first kappa shape index (κ1) is 29.0. The summed E-state index contributed by atoms with van der Waals surface area (Å²) in [6.45, 7) is 3.07. The van der Waals surface area contributed by atoms with E-state index in [9.17, 15) is 14.3 Å². The first-order chi connectivity index (χ1) is 21.3. The van der Waals surface area contributed by atoms with Crippen LogP contribution in [0.3, 0.4) is 0 Å². The van der Waals surface area contributed by atoms with Crippen molar-refractivity contribution in [2.24, 2.45) is 0 Å². The fraction of sp³-hybridized carbons (Fsp3) is 0.152. The molecule has 1 N–H and O–H groups in total. The molecule has 11 heteroatoms. The van der Waals surface area contributed by atoms with Crippen LogP contribution in [-0.4, -0.2) is 35.2 Å². The normalized spacial score (nSPS) is 11.3. The molecule has 0 saturated heterocycles. The van der Waals surface area contributed by atoms with Gasteiger partial charge in [0.1, 0.15) is 24.1 Å². The van der Waals surface area contributed by atoms with Gasteiger partial charge in [-0.05, 0) is 55.0 Å². The van der Waals surface area contributed by atoms with Crippen molar-refractivity contribution in [1.29, 1.82) is 0 Å². The van der Waals surface area contributed by atoms with E-state index in [1.54, 1.807) is 67.1 Å². The van der Waals surface area contributed by atoms with Gasteiger partial charge in [0.15, 0.2) is 0 Å². The van der Waals surface area contributed by atoms with E-state index in [1.807, 2.05) is 16.1 Å². The third-order valence-corrected chi connectivity index (χ3v) is 7.58. The smallest absolute Gasteiger partial charge is 0.335 e. The van der Waals surface area contributed by atoms with Gasteiger partial charge in [0.2, 0.25) is 5.88 Å². The molecule has 0 saturated carbocycles. The Labute approximate surface area is 256 Å². The highest BCUT2D eigenvalue weighted by Gasteiger charge is 2.18. The van der Waals surface area contributed by atoms with Crippen LogP contribution < -0.4 is 4.74 Å². The van der Waals surface area contributed by atoms with Crippen molar-refractivity contribution in [3.05, 3.63) is 130 Å². The number of halogens is 3. The van der Waals surface area contributed by atoms with Gasteiger partial charge < -0.3 is 19.0 Å². The molecule has 0 fully saturated rings. The van der Waals surface area contributed by atoms with Crippen LogP contribution in [0, 0.1) is 11.6 Å². The lowest BCUT2D eigenvalue weighted by Crippen LogP contribution is -2.10. The molecule has 0 unspecified atom stereocenters. The van der Waals surface area contributed by atoms with Crippen LogP contribution in [0.15, 0.2) is 85.3 Å². The molecule has 3 aromatic heterocycles. The van der Waals surface area contributed by atoms with Crippen molar-refractivity contribution < 1.29 is 23.4 Å². The molecular formula is C33H26ClF2N5O3. The average molecular weight is 614 g/mol. The Morgan fingerprint density at radius 2 is 1.80 bits per heavy atom. The molecule has 0 amide bonds. The molecule has 8 nitrogen and oxygen atoms in total. The molecule has 222 valence electrons. The van der Waals surface area contributed by atoms with E-state index < -0.39 is 17.6 Å². The summed E-state index contributed by atoms with van der Waals surface area (Å²) in [5.41, 5.74) is 4.09. The highest BCUT2D eigenvalue weighted by molar-refractivity contribution is 6.30. The third-order valence-electron chi connectivity index (χ3n) is 7.35. The Morgan fingerprint density at radius 1 is 0.977 bits per heavy atom. The Morgan fingerprint density at radius 3 is 2.57 bits per heavy atom. The fourth-order valence-corrected chi connectivity index (χ4v) is 5.17. The number of carboxylic acid groups (broad SMARTS) is 1. The van der Waals surface area contributed by atoms with E-state index in [2.05, 4.69) is 9.97 Å². The minimum absolute atomic E-state index is 0.0409. The quantitative estimate of drug-likeness (QED) is 0.176. The van der Waals surface area contributed by atoms with Gasteiger partial charge in [-0.15, -0.1) is 0 Å². The molecule has 3 heterocycles. The summed E-state index contributed by atoms with van der Waals surface area (Å²) in [5, 5.41) is 9.86. The number of aromatic nitrogens is 5. The van der Waals surface area contributed by atoms with Crippen LogP contribution in [0.5, 0.6) is 5.88 Å². The lowest BCUT2D eigenvalue weighted by atomic mass is 10.1. The van der Waals surface area contributed by atoms with Gasteiger partial charge in [-0.3, -0.25) is 0 Å². The van der Waals surface area contributed by atoms with Crippen molar-refractivity contribution in [3.8, 4) is 17.1 Å². The molecule has 0 aliphatic rings. The summed E-state index contributed by atoms with van der Waals surface area (Å²) >= 11 is 5.82. The van der Waals surface area contributed by atoms with Gasteiger partial charge in [-0.25, -0.2) is 28.5 Å². The minimum atomic E-state index is -1.04. The van der Waals surface area contributed by atoms with Gasteiger partial charge in [-0.2, -0.15) is 0 Å². The number of nitrogens with zero attached hydrogens (tertiary/aromatic N) is 5. The minimum Gasteiger partial charge on any atom is -0.478 e. The van der Waals surface area contributed by atoms with Crippen molar-refractivity contribution >= 4 is 28.6 Å². The van der Waals surface area contributed by atoms with E-state index in [0.717, 1.165) is 5.69 Å². The topological polar surface area (TPSA) is 95.1 Å². The predicted molar refractivity (Wildman–Crippen MR) is 162 cm³/mol. The van der Waals surface area contributed by atoms with Crippen LogP contribution >= 0.6 is 11.6 Å². The van der Waals surface area contributed by atoms with E-state index >= 15 is 4.39 Å². The molecule has 0 atom stereocenters.